The average molecular weight is 298 g/mol. The first-order valence-electron chi connectivity index (χ1n) is 7.80. The van der Waals surface area contributed by atoms with Crippen molar-refractivity contribution < 1.29 is 4.39 Å². The van der Waals surface area contributed by atoms with Gasteiger partial charge in [-0.3, -0.25) is 0 Å². The maximum absolute atomic E-state index is 13.5. The summed E-state index contributed by atoms with van der Waals surface area (Å²) in [5.41, 5.74) is 1.72. The molecule has 0 saturated heterocycles. The Morgan fingerprint density at radius 1 is 1.35 bits per heavy atom. The zero-order valence-corrected chi connectivity index (χ0v) is 13.3. The second-order valence-electron chi connectivity index (χ2n) is 5.96. The molecule has 1 unspecified atom stereocenters. The Hall–Kier alpha value is -0.600. The molecule has 0 heterocycles. The zero-order chi connectivity index (χ0) is 14.5. The van der Waals surface area contributed by atoms with Gasteiger partial charge in [0.1, 0.15) is 5.82 Å². The largest absolute Gasteiger partial charge is 0.310 e. The van der Waals surface area contributed by atoms with E-state index in [2.05, 4.69) is 12.2 Å². The van der Waals surface area contributed by atoms with Crippen molar-refractivity contribution in [2.45, 2.75) is 58.4 Å². The first-order chi connectivity index (χ1) is 9.61. The molecule has 0 bridgehead atoms. The Kier molecular flexibility index (Phi) is 5.86. The van der Waals surface area contributed by atoms with Crippen LogP contribution < -0.4 is 5.32 Å². The summed E-state index contributed by atoms with van der Waals surface area (Å²) in [6.45, 7) is 4.81. The Bertz CT molecular complexity index is 441. The number of benzene rings is 1. The predicted octanol–water partition coefficient (Wildman–Crippen LogP) is 5.41. The predicted molar refractivity (Wildman–Crippen MR) is 83.8 cm³/mol. The number of rotatable bonds is 6. The third kappa shape index (κ3) is 3.95. The smallest absolute Gasteiger partial charge is 0.127 e. The van der Waals surface area contributed by atoms with Crippen LogP contribution >= 0.6 is 11.6 Å². The van der Waals surface area contributed by atoms with E-state index in [9.17, 15) is 4.39 Å². The highest BCUT2D eigenvalue weighted by Gasteiger charge is 2.20. The molecule has 1 nitrogen and oxygen atoms in total. The van der Waals surface area contributed by atoms with E-state index in [1.165, 1.54) is 38.2 Å². The molecule has 1 N–H and O–H groups in total. The molecule has 1 aromatic carbocycles. The summed E-state index contributed by atoms with van der Waals surface area (Å²) in [4.78, 5) is 0. The van der Waals surface area contributed by atoms with Crippen LogP contribution in [0.4, 0.5) is 4.39 Å². The lowest BCUT2D eigenvalue weighted by Gasteiger charge is -2.22. The van der Waals surface area contributed by atoms with Gasteiger partial charge in [0.15, 0.2) is 0 Å². The minimum Gasteiger partial charge on any atom is -0.310 e. The van der Waals surface area contributed by atoms with E-state index in [1.807, 2.05) is 6.07 Å². The first-order valence-corrected chi connectivity index (χ1v) is 8.18. The molecular weight excluding hydrogens is 273 g/mol. The van der Waals surface area contributed by atoms with E-state index in [0.717, 1.165) is 24.4 Å². The summed E-state index contributed by atoms with van der Waals surface area (Å²) in [6, 6.07) is 3.60. The summed E-state index contributed by atoms with van der Waals surface area (Å²) >= 11 is 6.25. The Balaban J connectivity index is 2.08. The average Bonchev–Trinajstić information content (AvgIpc) is 2.92. The molecule has 3 heteroatoms. The van der Waals surface area contributed by atoms with Crippen LogP contribution in [0.3, 0.4) is 0 Å². The Labute approximate surface area is 126 Å². The third-order valence-electron chi connectivity index (χ3n) is 4.44. The van der Waals surface area contributed by atoms with Crippen molar-refractivity contribution in [3.63, 3.8) is 0 Å². The molecular formula is C17H25ClFN. The lowest BCUT2D eigenvalue weighted by Crippen LogP contribution is -2.22. The van der Waals surface area contributed by atoms with Crippen LogP contribution in [0.5, 0.6) is 0 Å². The summed E-state index contributed by atoms with van der Waals surface area (Å²) in [5.74, 6) is 0.654. The van der Waals surface area contributed by atoms with Crippen LogP contribution in [0.25, 0.3) is 0 Å². The fraction of sp³-hybridized carbons (Fsp3) is 0.647. The number of hydrogen-bond donors (Lipinski definition) is 1. The molecule has 20 heavy (non-hydrogen) atoms. The molecule has 0 aliphatic heterocycles. The Morgan fingerprint density at radius 3 is 2.70 bits per heavy atom. The number of aryl methyl sites for hydroxylation is 1. The SMILES string of the molecule is CCNC(CCC1CCCC1)c1cc(C)c(F)cc1Cl. The van der Waals surface area contributed by atoms with Gasteiger partial charge in [0, 0.05) is 11.1 Å². The minimum atomic E-state index is -0.218. The van der Waals surface area contributed by atoms with Gasteiger partial charge in [-0.2, -0.15) is 0 Å². The topological polar surface area (TPSA) is 12.0 Å². The monoisotopic (exact) mass is 297 g/mol. The highest BCUT2D eigenvalue weighted by Crippen LogP contribution is 2.34. The van der Waals surface area contributed by atoms with E-state index in [1.54, 1.807) is 6.92 Å². The second kappa shape index (κ2) is 7.42. The maximum Gasteiger partial charge on any atom is 0.127 e. The normalized spacial score (nSPS) is 17.6. The van der Waals surface area contributed by atoms with Crippen molar-refractivity contribution >= 4 is 11.6 Å². The van der Waals surface area contributed by atoms with Crippen LogP contribution in [-0.4, -0.2) is 6.54 Å². The molecule has 0 aromatic heterocycles. The van der Waals surface area contributed by atoms with Crippen LogP contribution in [0.2, 0.25) is 5.02 Å². The van der Waals surface area contributed by atoms with Gasteiger partial charge in [-0.1, -0.05) is 50.3 Å². The van der Waals surface area contributed by atoms with E-state index in [4.69, 9.17) is 11.6 Å². The van der Waals surface area contributed by atoms with Crippen LogP contribution in [0.15, 0.2) is 12.1 Å². The highest BCUT2D eigenvalue weighted by molar-refractivity contribution is 6.31. The number of nitrogens with one attached hydrogen (secondary N) is 1. The van der Waals surface area contributed by atoms with Gasteiger partial charge < -0.3 is 5.32 Å². The fourth-order valence-electron chi connectivity index (χ4n) is 3.26. The molecule has 0 amide bonds. The molecule has 2 rings (SSSR count). The highest BCUT2D eigenvalue weighted by atomic mass is 35.5. The van der Waals surface area contributed by atoms with Crippen LogP contribution in [0, 0.1) is 18.7 Å². The van der Waals surface area contributed by atoms with E-state index >= 15 is 0 Å². The molecule has 1 atom stereocenters. The molecule has 1 fully saturated rings. The molecule has 112 valence electrons. The summed E-state index contributed by atoms with van der Waals surface area (Å²) in [7, 11) is 0. The van der Waals surface area contributed by atoms with Gasteiger partial charge in [-0.15, -0.1) is 0 Å². The molecule has 0 spiro atoms. The van der Waals surface area contributed by atoms with Crippen molar-refractivity contribution in [3.8, 4) is 0 Å². The van der Waals surface area contributed by atoms with E-state index in [0.29, 0.717) is 10.6 Å². The maximum atomic E-state index is 13.5. The van der Waals surface area contributed by atoms with Crippen molar-refractivity contribution in [1.29, 1.82) is 0 Å². The first kappa shape index (κ1) is 15.8. The number of hydrogen-bond acceptors (Lipinski definition) is 1. The molecule has 0 radical (unpaired) electrons. The van der Waals surface area contributed by atoms with Crippen LogP contribution in [-0.2, 0) is 0 Å². The quantitative estimate of drug-likeness (QED) is 0.740. The van der Waals surface area contributed by atoms with Gasteiger partial charge in [-0.25, -0.2) is 4.39 Å². The van der Waals surface area contributed by atoms with Gasteiger partial charge in [0.05, 0.1) is 0 Å². The minimum absolute atomic E-state index is 0.218. The van der Waals surface area contributed by atoms with Crippen molar-refractivity contribution in [3.05, 3.63) is 34.1 Å². The summed E-state index contributed by atoms with van der Waals surface area (Å²) in [5, 5.41) is 4.05. The molecule has 1 aliphatic rings. The van der Waals surface area contributed by atoms with Gasteiger partial charge >= 0.3 is 0 Å². The van der Waals surface area contributed by atoms with Crippen LogP contribution in [0.1, 0.15) is 62.6 Å². The summed E-state index contributed by atoms with van der Waals surface area (Å²) in [6.07, 6.45) is 7.83. The lowest BCUT2D eigenvalue weighted by atomic mass is 9.94. The number of halogens is 2. The molecule has 1 saturated carbocycles. The Morgan fingerprint density at radius 2 is 2.05 bits per heavy atom. The third-order valence-corrected chi connectivity index (χ3v) is 4.77. The second-order valence-corrected chi connectivity index (χ2v) is 6.37. The van der Waals surface area contributed by atoms with Gasteiger partial charge in [0.2, 0.25) is 0 Å². The van der Waals surface area contributed by atoms with Gasteiger partial charge in [-0.05, 0) is 49.4 Å². The van der Waals surface area contributed by atoms with Crippen molar-refractivity contribution in [2.75, 3.05) is 6.54 Å². The summed E-state index contributed by atoms with van der Waals surface area (Å²) < 4.78 is 13.5. The van der Waals surface area contributed by atoms with E-state index in [-0.39, 0.29) is 11.9 Å². The molecule has 1 aromatic rings. The zero-order valence-electron chi connectivity index (χ0n) is 12.5. The lowest BCUT2D eigenvalue weighted by molar-refractivity contribution is 0.416. The van der Waals surface area contributed by atoms with Gasteiger partial charge in [0.25, 0.3) is 0 Å². The van der Waals surface area contributed by atoms with Crippen molar-refractivity contribution in [2.24, 2.45) is 5.92 Å². The fourth-order valence-corrected chi connectivity index (χ4v) is 3.54. The molecule has 1 aliphatic carbocycles. The standard InChI is InChI=1S/C17H25ClFN/c1-3-20-17(9-8-13-6-4-5-7-13)14-10-12(2)16(19)11-15(14)18/h10-11,13,17,20H,3-9H2,1-2H3. The van der Waals surface area contributed by atoms with Crippen molar-refractivity contribution in [1.82, 2.24) is 5.32 Å². The van der Waals surface area contributed by atoms with E-state index < -0.39 is 0 Å².